The lowest BCUT2D eigenvalue weighted by molar-refractivity contribution is -0.134. The van der Waals surface area contributed by atoms with Gasteiger partial charge in [0, 0.05) is 12.2 Å². The second-order valence-corrected chi connectivity index (χ2v) is 10.0. The van der Waals surface area contributed by atoms with Gasteiger partial charge in [0.1, 0.15) is 6.04 Å². The quantitative estimate of drug-likeness (QED) is 0.259. The summed E-state index contributed by atoms with van der Waals surface area (Å²) in [5.74, 6) is -1.11. The molecule has 0 aliphatic rings. The summed E-state index contributed by atoms with van der Waals surface area (Å²) in [7, 11) is -4.03. The number of hydrogen-bond donors (Lipinski definition) is 3. The van der Waals surface area contributed by atoms with Crippen molar-refractivity contribution in [3.63, 3.8) is 0 Å². The number of sulfonamides is 1. The lowest BCUT2D eigenvalue weighted by atomic mass is 10.0. The Labute approximate surface area is 188 Å². The summed E-state index contributed by atoms with van der Waals surface area (Å²) in [6.07, 6.45) is 1.19. The van der Waals surface area contributed by atoms with Crippen molar-refractivity contribution >= 4 is 32.4 Å². The molecule has 0 aliphatic carbocycles. The molecular weight excluding hydrogens is 426 g/mol. The van der Waals surface area contributed by atoms with E-state index in [9.17, 15) is 18.4 Å². The topological polar surface area (TPSA) is 113 Å². The van der Waals surface area contributed by atoms with Gasteiger partial charge in [-0.2, -0.15) is 4.31 Å². The number of nitrogens with zero attached hydrogens (tertiary/aromatic N) is 1. The monoisotopic (exact) mass is 455 g/mol. The Morgan fingerprint density at radius 2 is 1.69 bits per heavy atom. The first-order valence-electron chi connectivity index (χ1n) is 10.5. The molecule has 0 aliphatic heterocycles. The number of carbonyl (C=O) groups is 1. The lowest BCUT2D eigenvalue weighted by Gasteiger charge is -2.32. The van der Waals surface area contributed by atoms with Crippen molar-refractivity contribution < 1.29 is 18.4 Å². The number of amides is 1. The van der Waals surface area contributed by atoms with Crippen LogP contribution in [0.15, 0.2) is 71.6 Å². The molecule has 1 amide bonds. The maximum atomic E-state index is 13.7. The van der Waals surface area contributed by atoms with Crippen molar-refractivity contribution in [3.8, 4) is 0 Å². The van der Waals surface area contributed by atoms with Crippen LogP contribution in [0.5, 0.6) is 0 Å². The van der Waals surface area contributed by atoms with E-state index >= 15 is 0 Å². The third-order valence-electron chi connectivity index (χ3n) is 5.45. The molecule has 170 valence electrons. The van der Waals surface area contributed by atoms with Gasteiger partial charge >= 0.3 is 0 Å². The summed E-state index contributed by atoms with van der Waals surface area (Å²) in [5.41, 5.74) is 9.14. The van der Waals surface area contributed by atoms with Crippen LogP contribution < -0.4 is 11.2 Å². The highest BCUT2D eigenvalue weighted by molar-refractivity contribution is 7.89. The van der Waals surface area contributed by atoms with Crippen molar-refractivity contribution in [2.24, 2.45) is 5.92 Å². The molecule has 3 aromatic carbocycles. The molecule has 0 heterocycles. The molecule has 7 nitrogen and oxygen atoms in total. The molecule has 3 rings (SSSR count). The van der Waals surface area contributed by atoms with E-state index < -0.39 is 22.0 Å². The van der Waals surface area contributed by atoms with Gasteiger partial charge in [0.15, 0.2) is 0 Å². The van der Waals surface area contributed by atoms with E-state index in [2.05, 4.69) is 0 Å². The van der Waals surface area contributed by atoms with E-state index in [1.165, 1.54) is 10.4 Å². The number of rotatable bonds is 9. The highest BCUT2D eigenvalue weighted by Crippen LogP contribution is 2.27. The van der Waals surface area contributed by atoms with Crippen LogP contribution >= 0.6 is 0 Å². The molecule has 0 fully saturated rings. The van der Waals surface area contributed by atoms with Gasteiger partial charge in [0.25, 0.3) is 5.91 Å². The molecule has 0 radical (unpaired) electrons. The van der Waals surface area contributed by atoms with Crippen LogP contribution in [-0.4, -0.2) is 36.4 Å². The minimum absolute atomic E-state index is 0.0888. The van der Waals surface area contributed by atoms with Gasteiger partial charge in [0.05, 0.1) is 4.90 Å². The van der Waals surface area contributed by atoms with Crippen LogP contribution in [0.1, 0.15) is 25.8 Å². The highest BCUT2D eigenvalue weighted by Gasteiger charge is 2.37. The fourth-order valence-electron chi connectivity index (χ4n) is 3.86. The van der Waals surface area contributed by atoms with Crippen molar-refractivity contribution in [2.45, 2.75) is 37.6 Å². The number of hydrogen-bond acceptors (Lipinski definition) is 5. The Balaban J connectivity index is 1.97. The summed E-state index contributed by atoms with van der Waals surface area (Å²) >= 11 is 0. The first-order valence-corrected chi connectivity index (χ1v) is 12.0. The second-order valence-electron chi connectivity index (χ2n) is 8.14. The first-order chi connectivity index (χ1) is 15.2. The van der Waals surface area contributed by atoms with Crippen LogP contribution in [0.25, 0.3) is 10.8 Å². The van der Waals surface area contributed by atoms with Gasteiger partial charge in [-0.1, -0.05) is 56.3 Å². The van der Waals surface area contributed by atoms with Crippen LogP contribution in [0, 0.1) is 5.92 Å². The Kier molecular flexibility index (Phi) is 7.50. The Morgan fingerprint density at radius 1 is 1.03 bits per heavy atom. The van der Waals surface area contributed by atoms with Crippen molar-refractivity contribution in [3.05, 3.63) is 72.3 Å². The Bertz CT molecular complexity index is 1180. The predicted octanol–water partition coefficient (Wildman–Crippen LogP) is 3.58. The summed E-state index contributed by atoms with van der Waals surface area (Å²) in [4.78, 5) is 12.6. The van der Waals surface area contributed by atoms with E-state index in [0.29, 0.717) is 18.5 Å². The normalized spacial score (nSPS) is 12.9. The fourth-order valence-corrected chi connectivity index (χ4v) is 5.66. The largest absolute Gasteiger partial charge is 0.399 e. The summed E-state index contributed by atoms with van der Waals surface area (Å²) in [5, 5.41) is 10.8. The molecule has 1 atom stereocenters. The molecule has 0 saturated heterocycles. The molecule has 0 saturated carbocycles. The minimum Gasteiger partial charge on any atom is -0.399 e. The van der Waals surface area contributed by atoms with Crippen LogP contribution in [0.4, 0.5) is 5.69 Å². The number of carbonyl (C=O) groups excluding carboxylic acids is 1. The number of hydroxylamine groups is 1. The SMILES string of the molecule is CC(C)C(C(=O)NO)N(CCCc1ccccc1)S(=O)(=O)c1ccc2cc(N)ccc2c1. The first kappa shape index (κ1) is 23.7. The Hall–Kier alpha value is -2.94. The fraction of sp³-hybridized carbons (Fsp3) is 0.292. The number of anilines is 1. The number of nitrogens with two attached hydrogens (primary N) is 1. The Morgan fingerprint density at radius 3 is 2.34 bits per heavy atom. The predicted molar refractivity (Wildman–Crippen MR) is 126 cm³/mol. The van der Waals surface area contributed by atoms with Gasteiger partial charge in [0.2, 0.25) is 10.0 Å². The third kappa shape index (κ3) is 5.27. The van der Waals surface area contributed by atoms with Crippen LogP contribution in [0.3, 0.4) is 0 Å². The summed E-state index contributed by atoms with van der Waals surface area (Å²) in [6.45, 7) is 3.64. The molecular formula is C24H29N3O4S. The zero-order valence-corrected chi connectivity index (χ0v) is 19.0. The van der Waals surface area contributed by atoms with E-state index in [4.69, 9.17) is 5.73 Å². The second kappa shape index (κ2) is 10.1. The molecule has 1 unspecified atom stereocenters. The lowest BCUT2D eigenvalue weighted by Crippen LogP contribution is -2.52. The third-order valence-corrected chi connectivity index (χ3v) is 7.33. The molecule has 0 spiro atoms. The van der Waals surface area contributed by atoms with Crippen LogP contribution in [-0.2, 0) is 21.2 Å². The number of nitrogen functional groups attached to an aromatic ring is 1. The van der Waals surface area contributed by atoms with Gasteiger partial charge in [-0.15, -0.1) is 0 Å². The van der Waals surface area contributed by atoms with Gasteiger partial charge in [-0.05, 0) is 59.4 Å². The van der Waals surface area contributed by atoms with Gasteiger partial charge in [-0.25, -0.2) is 13.9 Å². The molecule has 0 bridgehead atoms. The van der Waals surface area contributed by atoms with E-state index in [-0.39, 0.29) is 17.4 Å². The minimum atomic E-state index is -4.03. The van der Waals surface area contributed by atoms with Crippen molar-refractivity contribution in [2.75, 3.05) is 12.3 Å². The molecule has 3 aromatic rings. The summed E-state index contributed by atoms with van der Waals surface area (Å²) < 4.78 is 28.6. The maximum absolute atomic E-state index is 13.7. The van der Waals surface area contributed by atoms with E-state index in [1.54, 1.807) is 49.7 Å². The molecule has 4 N–H and O–H groups in total. The van der Waals surface area contributed by atoms with Crippen molar-refractivity contribution in [1.82, 2.24) is 9.79 Å². The standard InChI is InChI=1S/C24H29N3O4S/c1-17(2)23(24(28)26-29)27(14-6-9-18-7-4-3-5-8-18)32(30,31)22-13-11-19-15-21(25)12-10-20(19)16-22/h3-5,7-8,10-13,15-17,23,29H,6,9,14,25H2,1-2H3,(H,26,28). The zero-order chi connectivity index (χ0) is 23.3. The molecule has 0 aromatic heterocycles. The highest BCUT2D eigenvalue weighted by atomic mass is 32.2. The number of nitrogens with one attached hydrogen (secondary N) is 1. The van der Waals surface area contributed by atoms with Gasteiger partial charge < -0.3 is 5.73 Å². The number of aryl methyl sites for hydroxylation is 1. The van der Waals surface area contributed by atoms with Crippen molar-refractivity contribution in [1.29, 1.82) is 0 Å². The zero-order valence-electron chi connectivity index (χ0n) is 18.2. The average Bonchev–Trinajstić information content (AvgIpc) is 2.78. The number of benzene rings is 3. The smallest absolute Gasteiger partial charge is 0.262 e. The number of fused-ring (bicyclic) bond motifs is 1. The average molecular weight is 456 g/mol. The van der Waals surface area contributed by atoms with Gasteiger partial charge in [-0.3, -0.25) is 10.0 Å². The van der Waals surface area contributed by atoms with E-state index in [0.717, 1.165) is 16.3 Å². The summed E-state index contributed by atoms with van der Waals surface area (Å²) in [6, 6.07) is 18.8. The van der Waals surface area contributed by atoms with E-state index in [1.807, 2.05) is 30.3 Å². The van der Waals surface area contributed by atoms with Crippen LogP contribution in [0.2, 0.25) is 0 Å². The maximum Gasteiger partial charge on any atom is 0.262 e. The molecule has 32 heavy (non-hydrogen) atoms. The molecule has 8 heteroatoms.